The van der Waals surface area contributed by atoms with Gasteiger partial charge in [0.2, 0.25) is 0 Å². The molecule has 0 atom stereocenters. The van der Waals surface area contributed by atoms with Gasteiger partial charge < -0.3 is 16.4 Å². The van der Waals surface area contributed by atoms with Crippen LogP contribution in [0.25, 0.3) is 0 Å². The summed E-state index contributed by atoms with van der Waals surface area (Å²) in [5.41, 5.74) is 12.7. The van der Waals surface area contributed by atoms with Crippen LogP contribution in [0.4, 0.5) is 11.4 Å². The van der Waals surface area contributed by atoms with Crippen molar-refractivity contribution in [3.8, 4) is 0 Å². The fourth-order valence-electron chi connectivity index (χ4n) is 1.62. The Hall–Kier alpha value is -2.57. The van der Waals surface area contributed by atoms with Gasteiger partial charge >= 0.3 is 0 Å². The van der Waals surface area contributed by atoms with Crippen LogP contribution in [0, 0.1) is 0 Å². The van der Waals surface area contributed by atoms with Crippen LogP contribution in [0.1, 0.15) is 16.2 Å². The maximum atomic E-state index is 12.1. The number of amides is 1. The molecule has 0 saturated heterocycles. The summed E-state index contributed by atoms with van der Waals surface area (Å²) < 4.78 is 0. The summed E-state index contributed by atoms with van der Waals surface area (Å²) in [6.45, 7) is 0.341. The molecule has 0 aliphatic heterocycles. The Kier molecular flexibility index (Phi) is 3.13. The standard InChI is InChI=1S/C11H14N6O/c1-17(5-10-14-6-15-16-10)11(18)7-2-8(12)4-9(13)3-7/h2-4,6H,5,12-13H2,1H3,(H,14,15,16). The highest BCUT2D eigenvalue weighted by Gasteiger charge is 2.14. The van der Waals surface area contributed by atoms with Crippen molar-refractivity contribution in [1.29, 1.82) is 0 Å². The first-order valence-corrected chi connectivity index (χ1v) is 5.32. The van der Waals surface area contributed by atoms with Crippen LogP contribution < -0.4 is 11.5 Å². The maximum absolute atomic E-state index is 12.1. The van der Waals surface area contributed by atoms with E-state index < -0.39 is 0 Å². The van der Waals surface area contributed by atoms with Crippen LogP contribution in [0.5, 0.6) is 0 Å². The number of benzene rings is 1. The van der Waals surface area contributed by atoms with Crippen LogP contribution in [0.15, 0.2) is 24.5 Å². The summed E-state index contributed by atoms with van der Waals surface area (Å²) in [5.74, 6) is 0.438. The van der Waals surface area contributed by atoms with E-state index in [1.54, 1.807) is 25.2 Å². The van der Waals surface area contributed by atoms with Gasteiger partial charge in [-0.2, -0.15) is 5.10 Å². The van der Waals surface area contributed by atoms with E-state index in [0.29, 0.717) is 29.3 Å². The minimum atomic E-state index is -0.176. The first-order valence-electron chi connectivity index (χ1n) is 5.32. The fourth-order valence-corrected chi connectivity index (χ4v) is 1.62. The predicted molar refractivity (Wildman–Crippen MR) is 67.4 cm³/mol. The molecule has 7 heteroatoms. The third-order valence-corrected chi connectivity index (χ3v) is 2.42. The van der Waals surface area contributed by atoms with Crippen molar-refractivity contribution >= 4 is 17.3 Å². The van der Waals surface area contributed by atoms with E-state index in [1.807, 2.05) is 0 Å². The van der Waals surface area contributed by atoms with Gasteiger partial charge in [0.1, 0.15) is 12.2 Å². The summed E-state index contributed by atoms with van der Waals surface area (Å²) in [6, 6.07) is 4.79. The number of carbonyl (C=O) groups is 1. The van der Waals surface area contributed by atoms with Crippen molar-refractivity contribution in [2.45, 2.75) is 6.54 Å². The van der Waals surface area contributed by atoms with Crippen molar-refractivity contribution < 1.29 is 4.79 Å². The maximum Gasteiger partial charge on any atom is 0.254 e. The lowest BCUT2D eigenvalue weighted by Gasteiger charge is -2.16. The molecular weight excluding hydrogens is 232 g/mol. The number of rotatable bonds is 3. The fraction of sp³-hybridized carbons (Fsp3) is 0.182. The van der Waals surface area contributed by atoms with Crippen molar-refractivity contribution in [3.63, 3.8) is 0 Å². The molecule has 5 N–H and O–H groups in total. The molecule has 0 unspecified atom stereocenters. The van der Waals surface area contributed by atoms with Crippen molar-refractivity contribution in [1.82, 2.24) is 20.1 Å². The van der Waals surface area contributed by atoms with Gasteiger partial charge in [0.05, 0.1) is 6.54 Å². The predicted octanol–water partition coefficient (Wildman–Crippen LogP) is 0.241. The van der Waals surface area contributed by atoms with Crippen molar-refractivity contribution in [2.24, 2.45) is 0 Å². The zero-order valence-electron chi connectivity index (χ0n) is 9.92. The Morgan fingerprint density at radius 2 is 2.00 bits per heavy atom. The summed E-state index contributed by atoms with van der Waals surface area (Å²) in [4.78, 5) is 17.6. The molecule has 0 fully saturated rings. The molecule has 0 radical (unpaired) electrons. The first kappa shape index (κ1) is 11.9. The molecule has 7 nitrogen and oxygen atoms in total. The molecule has 0 aliphatic carbocycles. The molecule has 0 saturated carbocycles. The monoisotopic (exact) mass is 246 g/mol. The molecule has 2 aromatic rings. The van der Waals surface area contributed by atoms with Crippen LogP contribution >= 0.6 is 0 Å². The average molecular weight is 246 g/mol. The topological polar surface area (TPSA) is 114 Å². The Labute approximate surface area is 104 Å². The summed E-state index contributed by atoms with van der Waals surface area (Å²) >= 11 is 0. The number of nitrogens with zero attached hydrogens (tertiary/aromatic N) is 3. The second kappa shape index (κ2) is 4.74. The number of aromatic amines is 1. The van der Waals surface area contributed by atoms with E-state index in [0.717, 1.165) is 0 Å². The Morgan fingerprint density at radius 1 is 1.33 bits per heavy atom. The van der Waals surface area contributed by atoms with Crippen molar-refractivity contribution in [2.75, 3.05) is 18.5 Å². The molecule has 0 aliphatic rings. The molecular formula is C11H14N6O. The van der Waals surface area contributed by atoms with E-state index in [2.05, 4.69) is 15.2 Å². The Morgan fingerprint density at radius 3 is 2.56 bits per heavy atom. The Bertz CT molecular complexity index is 530. The van der Waals surface area contributed by atoms with E-state index in [4.69, 9.17) is 11.5 Å². The molecule has 1 heterocycles. The van der Waals surface area contributed by atoms with Crippen molar-refractivity contribution in [3.05, 3.63) is 35.9 Å². The minimum Gasteiger partial charge on any atom is -0.399 e. The summed E-state index contributed by atoms with van der Waals surface area (Å²) in [6.07, 6.45) is 1.39. The van der Waals surface area contributed by atoms with Gasteiger partial charge in [0.15, 0.2) is 0 Å². The largest absolute Gasteiger partial charge is 0.399 e. The van der Waals surface area contributed by atoms with E-state index in [-0.39, 0.29) is 5.91 Å². The van der Waals surface area contributed by atoms with E-state index in [9.17, 15) is 4.79 Å². The number of nitrogens with two attached hydrogens (primary N) is 2. The van der Waals surface area contributed by atoms with Crippen LogP contribution in [0.2, 0.25) is 0 Å². The smallest absolute Gasteiger partial charge is 0.254 e. The minimum absolute atomic E-state index is 0.176. The number of nitrogen functional groups attached to an aromatic ring is 2. The molecule has 1 amide bonds. The molecule has 0 bridgehead atoms. The van der Waals surface area contributed by atoms with Gasteiger partial charge in [-0.3, -0.25) is 9.89 Å². The lowest BCUT2D eigenvalue weighted by atomic mass is 10.1. The van der Waals surface area contributed by atoms with Crippen LogP contribution in [-0.2, 0) is 6.54 Å². The highest BCUT2D eigenvalue weighted by Crippen LogP contribution is 2.15. The average Bonchev–Trinajstić information content (AvgIpc) is 2.79. The van der Waals surface area contributed by atoms with Gasteiger partial charge in [-0.25, -0.2) is 4.98 Å². The highest BCUT2D eigenvalue weighted by atomic mass is 16.2. The number of anilines is 2. The lowest BCUT2D eigenvalue weighted by molar-refractivity contribution is 0.0782. The zero-order chi connectivity index (χ0) is 13.1. The zero-order valence-corrected chi connectivity index (χ0v) is 9.92. The molecule has 18 heavy (non-hydrogen) atoms. The molecule has 2 rings (SSSR count). The number of hydrogen-bond donors (Lipinski definition) is 3. The van der Waals surface area contributed by atoms with Gasteiger partial charge in [0, 0.05) is 24.0 Å². The molecule has 1 aromatic heterocycles. The number of nitrogens with one attached hydrogen (secondary N) is 1. The van der Waals surface area contributed by atoms with Gasteiger partial charge in [-0.05, 0) is 18.2 Å². The van der Waals surface area contributed by atoms with Gasteiger partial charge in [0.25, 0.3) is 5.91 Å². The third-order valence-electron chi connectivity index (χ3n) is 2.42. The highest BCUT2D eigenvalue weighted by molar-refractivity contribution is 5.95. The second-order valence-electron chi connectivity index (χ2n) is 3.98. The first-order chi connectivity index (χ1) is 8.56. The third kappa shape index (κ3) is 2.57. The van der Waals surface area contributed by atoms with Gasteiger partial charge in [-0.1, -0.05) is 0 Å². The second-order valence-corrected chi connectivity index (χ2v) is 3.98. The van der Waals surface area contributed by atoms with Crippen LogP contribution in [0.3, 0.4) is 0 Å². The van der Waals surface area contributed by atoms with Crippen LogP contribution in [-0.4, -0.2) is 33.0 Å². The number of aromatic nitrogens is 3. The molecule has 0 spiro atoms. The Balaban J connectivity index is 2.15. The molecule has 1 aromatic carbocycles. The lowest BCUT2D eigenvalue weighted by Crippen LogP contribution is -2.26. The van der Waals surface area contributed by atoms with E-state index in [1.165, 1.54) is 11.2 Å². The van der Waals surface area contributed by atoms with E-state index >= 15 is 0 Å². The number of hydrogen-bond acceptors (Lipinski definition) is 5. The quantitative estimate of drug-likeness (QED) is 0.671. The number of carbonyl (C=O) groups excluding carboxylic acids is 1. The molecule has 94 valence electrons. The summed E-state index contributed by atoms with van der Waals surface area (Å²) in [5, 5.41) is 6.41. The SMILES string of the molecule is CN(Cc1ncn[nH]1)C(=O)c1cc(N)cc(N)c1. The van der Waals surface area contributed by atoms with Gasteiger partial charge in [-0.15, -0.1) is 0 Å². The number of H-pyrrole nitrogens is 1. The normalized spacial score (nSPS) is 10.3. The summed E-state index contributed by atoms with van der Waals surface area (Å²) in [7, 11) is 1.67.